The number of rotatable bonds is 4. The van der Waals surface area contributed by atoms with Crippen molar-refractivity contribution in [2.45, 2.75) is 44.1 Å². The van der Waals surface area contributed by atoms with Crippen LogP contribution in [0.3, 0.4) is 0 Å². The van der Waals surface area contributed by atoms with E-state index >= 15 is 0 Å². The Hall–Kier alpha value is -1.02. The molecular formula is C12H17ClFNO5. The predicted molar refractivity (Wildman–Crippen MR) is 68.4 cm³/mol. The minimum atomic E-state index is -1.45. The molecule has 0 bridgehead atoms. The number of aliphatic hydroxyl groups is 2. The molecule has 8 heteroatoms. The molecule has 6 nitrogen and oxygen atoms in total. The molecule has 20 heavy (non-hydrogen) atoms. The number of carbonyl (C=O) groups is 2. The molecule has 4 atom stereocenters. The number of ketones is 1. The number of hydrogen-bond acceptors (Lipinski definition) is 5. The van der Waals surface area contributed by atoms with Crippen molar-refractivity contribution in [1.29, 1.82) is 0 Å². The van der Waals surface area contributed by atoms with Crippen LogP contribution in [-0.2, 0) is 14.3 Å². The van der Waals surface area contributed by atoms with Crippen molar-refractivity contribution in [2.24, 2.45) is 0 Å². The predicted octanol–water partition coefficient (Wildman–Crippen LogP) is 0.310. The van der Waals surface area contributed by atoms with Crippen LogP contribution in [0.4, 0.5) is 4.39 Å². The summed E-state index contributed by atoms with van der Waals surface area (Å²) < 4.78 is 18.7. The summed E-state index contributed by atoms with van der Waals surface area (Å²) in [5, 5.41) is 19.0. The molecule has 0 unspecified atom stereocenters. The highest BCUT2D eigenvalue weighted by molar-refractivity contribution is 6.25. The largest absolute Gasteiger partial charge is 0.394 e. The first-order chi connectivity index (χ1) is 9.12. The van der Waals surface area contributed by atoms with Gasteiger partial charge in [0, 0.05) is 20.0 Å². The van der Waals surface area contributed by atoms with Gasteiger partial charge in [-0.25, -0.2) is 4.39 Å². The van der Waals surface area contributed by atoms with E-state index in [1.54, 1.807) is 0 Å². The Balaban J connectivity index is 3.13. The Kier molecular flexibility index (Phi) is 5.26. The summed E-state index contributed by atoms with van der Waals surface area (Å²) >= 11 is 6.14. The van der Waals surface area contributed by atoms with Crippen molar-refractivity contribution in [3.63, 3.8) is 0 Å². The number of hydrogen-bond donors (Lipinski definition) is 2. The van der Waals surface area contributed by atoms with Gasteiger partial charge in [-0.3, -0.25) is 14.5 Å². The monoisotopic (exact) mass is 309 g/mol. The summed E-state index contributed by atoms with van der Waals surface area (Å²) in [6, 6.07) is 0. The van der Waals surface area contributed by atoms with Crippen LogP contribution >= 0.6 is 11.6 Å². The number of amides is 1. The van der Waals surface area contributed by atoms with Crippen LogP contribution in [0.15, 0.2) is 12.0 Å². The third-order valence-corrected chi connectivity index (χ3v) is 3.51. The number of aliphatic hydroxyl groups excluding tert-OH is 2. The highest BCUT2D eigenvalue weighted by Crippen LogP contribution is 2.38. The lowest BCUT2D eigenvalue weighted by Crippen LogP contribution is -2.49. The first kappa shape index (κ1) is 17.0. The normalized spacial score (nSPS) is 34.1. The van der Waals surface area contributed by atoms with Gasteiger partial charge in [-0.2, -0.15) is 0 Å². The van der Waals surface area contributed by atoms with Crippen LogP contribution < -0.4 is 0 Å². The van der Waals surface area contributed by atoms with E-state index in [-0.39, 0.29) is 0 Å². The van der Waals surface area contributed by atoms with Crippen molar-refractivity contribution >= 4 is 23.3 Å². The minimum Gasteiger partial charge on any atom is -0.394 e. The number of Topliss-reactive ketones (excluding diaryl/α,β-unsaturated/α-hetero) is 1. The fourth-order valence-electron chi connectivity index (χ4n) is 1.90. The van der Waals surface area contributed by atoms with Gasteiger partial charge in [0.2, 0.25) is 5.91 Å². The van der Waals surface area contributed by atoms with Gasteiger partial charge in [-0.05, 0) is 6.92 Å². The average Bonchev–Trinajstić information content (AvgIpc) is 2.57. The molecule has 0 aliphatic carbocycles. The Morgan fingerprint density at radius 2 is 2.05 bits per heavy atom. The van der Waals surface area contributed by atoms with Gasteiger partial charge in [-0.15, -0.1) is 11.6 Å². The molecule has 0 spiro atoms. The number of allylic oxidation sites excluding steroid dienone is 1. The molecule has 1 fully saturated rings. The quantitative estimate of drug-likeness (QED) is 0.576. The molecule has 0 saturated carbocycles. The molecule has 1 saturated heterocycles. The van der Waals surface area contributed by atoms with Gasteiger partial charge in [0.25, 0.3) is 0 Å². The van der Waals surface area contributed by atoms with E-state index in [1.165, 1.54) is 6.92 Å². The standard InChI is InChI=1S/C12H17ClFNO5/c1-6(17)8(14)4-15(7(2)18)11-12(3,13)10(19)9(5-16)20-11/h4,9-11,16,19H,5H2,1-3H3/b8-4+/t9-,10-,11-,12-/m1/s1. The van der Waals surface area contributed by atoms with E-state index in [2.05, 4.69) is 0 Å². The summed E-state index contributed by atoms with van der Waals surface area (Å²) in [6.45, 7) is 3.03. The Labute approximate surface area is 120 Å². The van der Waals surface area contributed by atoms with Crippen molar-refractivity contribution in [2.75, 3.05) is 6.61 Å². The second-order valence-electron chi connectivity index (χ2n) is 4.77. The van der Waals surface area contributed by atoms with Gasteiger partial charge >= 0.3 is 0 Å². The van der Waals surface area contributed by atoms with E-state index in [0.717, 1.165) is 18.7 Å². The summed E-state index contributed by atoms with van der Waals surface area (Å²) in [5.74, 6) is -2.62. The molecular weight excluding hydrogens is 293 g/mol. The maximum absolute atomic E-state index is 13.4. The minimum absolute atomic E-state index is 0.509. The molecule has 1 rings (SSSR count). The fraction of sp³-hybridized carbons (Fsp3) is 0.667. The molecule has 1 amide bonds. The first-order valence-corrected chi connectivity index (χ1v) is 6.31. The zero-order valence-electron chi connectivity index (χ0n) is 11.3. The Morgan fingerprint density at radius 3 is 2.40 bits per heavy atom. The molecule has 1 aliphatic rings. The zero-order valence-corrected chi connectivity index (χ0v) is 12.1. The Morgan fingerprint density at radius 1 is 1.50 bits per heavy atom. The van der Waals surface area contributed by atoms with Crippen LogP contribution in [-0.4, -0.2) is 56.7 Å². The maximum Gasteiger partial charge on any atom is 0.225 e. The Bertz CT molecular complexity index is 440. The number of alkyl halides is 1. The topological polar surface area (TPSA) is 87.1 Å². The molecule has 1 heterocycles. The van der Waals surface area contributed by atoms with Crippen molar-refractivity contribution in [1.82, 2.24) is 4.90 Å². The van der Waals surface area contributed by atoms with E-state index in [9.17, 15) is 19.1 Å². The van der Waals surface area contributed by atoms with Gasteiger partial charge < -0.3 is 14.9 Å². The van der Waals surface area contributed by atoms with Crippen molar-refractivity contribution < 1.29 is 28.9 Å². The molecule has 0 aromatic rings. The van der Waals surface area contributed by atoms with E-state index in [4.69, 9.17) is 21.4 Å². The number of carbonyl (C=O) groups excluding carboxylic acids is 2. The van der Waals surface area contributed by atoms with Crippen LogP contribution in [0.25, 0.3) is 0 Å². The van der Waals surface area contributed by atoms with Crippen LogP contribution in [0.2, 0.25) is 0 Å². The van der Waals surface area contributed by atoms with Crippen LogP contribution in [0.1, 0.15) is 20.8 Å². The SMILES string of the molecule is CC(=O)/C(F)=C\N(C(C)=O)[C@@H]1O[C@H](CO)[C@@H](O)[C@@]1(C)Cl. The zero-order chi connectivity index (χ0) is 15.7. The summed E-state index contributed by atoms with van der Waals surface area (Å²) in [5.41, 5.74) is 0. The van der Waals surface area contributed by atoms with Crippen molar-refractivity contribution in [3.05, 3.63) is 12.0 Å². The second kappa shape index (κ2) is 6.17. The molecule has 1 aliphatic heterocycles. The van der Waals surface area contributed by atoms with E-state index < -0.39 is 47.4 Å². The maximum atomic E-state index is 13.4. The summed E-state index contributed by atoms with van der Waals surface area (Å²) in [7, 11) is 0. The highest BCUT2D eigenvalue weighted by atomic mass is 35.5. The first-order valence-electron chi connectivity index (χ1n) is 5.93. The molecule has 0 aromatic carbocycles. The number of nitrogens with zero attached hydrogens (tertiary/aromatic N) is 1. The molecule has 114 valence electrons. The van der Waals surface area contributed by atoms with Crippen LogP contribution in [0, 0.1) is 0 Å². The van der Waals surface area contributed by atoms with E-state index in [1.807, 2.05) is 0 Å². The lowest BCUT2D eigenvalue weighted by Gasteiger charge is -2.32. The molecule has 0 radical (unpaired) electrons. The second-order valence-corrected chi connectivity index (χ2v) is 5.58. The fourth-order valence-corrected chi connectivity index (χ4v) is 2.20. The molecule has 0 aromatic heterocycles. The summed E-state index contributed by atoms with van der Waals surface area (Å²) in [4.78, 5) is 21.9. The highest BCUT2D eigenvalue weighted by Gasteiger charge is 2.54. The average molecular weight is 310 g/mol. The lowest BCUT2D eigenvalue weighted by atomic mass is 10.0. The summed E-state index contributed by atoms with van der Waals surface area (Å²) in [6.07, 6.45) is -2.78. The smallest absolute Gasteiger partial charge is 0.225 e. The third-order valence-electron chi connectivity index (χ3n) is 3.10. The third kappa shape index (κ3) is 3.17. The van der Waals surface area contributed by atoms with Crippen molar-refractivity contribution in [3.8, 4) is 0 Å². The van der Waals surface area contributed by atoms with Gasteiger partial charge in [0.05, 0.1) is 6.61 Å². The van der Waals surface area contributed by atoms with Gasteiger partial charge in [0.1, 0.15) is 17.1 Å². The van der Waals surface area contributed by atoms with Gasteiger partial charge in [-0.1, -0.05) is 0 Å². The van der Waals surface area contributed by atoms with Gasteiger partial charge in [0.15, 0.2) is 17.8 Å². The van der Waals surface area contributed by atoms with Crippen LogP contribution in [0.5, 0.6) is 0 Å². The number of halogens is 2. The number of ether oxygens (including phenoxy) is 1. The lowest BCUT2D eigenvalue weighted by molar-refractivity contribution is -0.140. The molecule has 2 N–H and O–H groups in total. The van der Waals surface area contributed by atoms with E-state index in [0.29, 0.717) is 6.20 Å².